The zero-order valence-corrected chi connectivity index (χ0v) is 13.1. The molecule has 110 valence electrons. The van der Waals surface area contributed by atoms with Crippen LogP contribution in [0.25, 0.3) is 0 Å². The SMILES string of the molecule is CC(C)(C)CNC1CC(CC2CC2)CN(C2CC2)C1. The maximum Gasteiger partial charge on any atom is 0.0198 e. The van der Waals surface area contributed by atoms with Crippen LogP contribution in [0.15, 0.2) is 0 Å². The summed E-state index contributed by atoms with van der Waals surface area (Å²) in [6.07, 6.45) is 8.89. The van der Waals surface area contributed by atoms with E-state index in [0.29, 0.717) is 5.41 Å². The van der Waals surface area contributed by atoms with E-state index < -0.39 is 0 Å². The fourth-order valence-corrected chi connectivity index (χ4v) is 3.57. The number of piperidine rings is 1. The van der Waals surface area contributed by atoms with Crippen molar-refractivity contribution in [3.63, 3.8) is 0 Å². The second-order valence-electron chi connectivity index (χ2n) is 8.60. The van der Waals surface area contributed by atoms with Crippen molar-refractivity contribution in [1.29, 1.82) is 0 Å². The molecule has 0 radical (unpaired) electrons. The Bertz CT molecular complexity index is 299. The first-order valence-corrected chi connectivity index (χ1v) is 8.47. The molecule has 1 heterocycles. The summed E-state index contributed by atoms with van der Waals surface area (Å²) in [7, 11) is 0. The lowest BCUT2D eigenvalue weighted by atomic mass is 9.88. The quantitative estimate of drug-likeness (QED) is 0.820. The Morgan fingerprint density at radius 3 is 2.32 bits per heavy atom. The first kappa shape index (κ1) is 13.9. The highest BCUT2D eigenvalue weighted by molar-refractivity contribution is 4.94. The molecule has 2 unspecified atom stereocenters. The van der Waals surface area contributed by atoms with Gasteiger partial charge >= 0.3 is 0 Å². The molecule has 2 saturated carbocycles. The van der Waals surface area contributed by atoms with Crippen molar-refractivity contribution in [2.45, 2.75) is 71.4 Å². The molecule has 2 nitrogen and oxygen atoms in total. The third-order valence-corrected chi connectivity index (χ3v) is 4.91. The zero-order chi connectivity index (χ0) is 13.5. The lowest BCUT2D eigenvalue weighted by Crippen LogP contribution is -2.51. The van der Waals surface area contributed by atoms with E-state index in [1.807, 2.05) is 0 Å². The molecule has 2 atom stereocenters. The van der Waals surface area contributed by atoms with Crippen molar-refractivity contribution in [2.75, 3.05) is 19.6 Å². The van der Waals surface area contributed by atoms with Gasteiger partial charge in [0.05, 0.1) is 0 Å². The number of hydrogen-bond donors (Lipinski definition) is 1. The zero-order valence-electron chi connectivity index (χ0n) is 13.1. The van der Waals surface area contributed by atoms with Crippen molar-refractivity contribution in [3.05, 3.63) is 0 Å². The topological polar surface area (TPSA) is 15.3 Å². The predicted octanol–water partition coefficient (Wildman–Crippen LogP) is 3.28. The van der Waals surface area contributed by atoms with Crippen LogP contribution in [-0.4, -0.2) is 36.6 Å². The summed E-state index contributed by atoms with van der Waals surface area (Å²) in [5.41, 5.74) is 0.411. The second kappa shape index (κ2) is 5.37. The molecule has 1 aliphatic heterocycles. The van der Waals surface area contributed by atoms with Crippen LogP contribution in [0.4, 0.5) is 0 Å². The van der Waals surface area contributed by atoms with Crippen LogP contribution >= 0.6 is 0 Å². The van der Waals surface area contributed by atoms with Crippen LogP contribution < -0.4 is 5.32 Å². The van der Waals surface area contributed by atoms with Crippen LogP contribution in [0.2, 0.25) is 0 Å². The molecule has 0 aromatic rings. The number of likely N-dealkylation sites (tertiary alicyclic amines) is 1. The van der Waals surface area contributed by atoms with E-state index in [2.05, 4.69) is 31.0 Å². The standard InChI is InChI=1S/C17H32N2/c1-17(2,3)12-18-15-9-14(8-13-4-5-13)10-19(11-15)16-6-7-16/h13-16,18H,4-12H2,1-3H3. The van der Waals surface area contributed by atoms with E-state index in [9.17, 15) is 0 Å². The van der Waals surface area contributed by atoms with Crippen LogP contribution in [-0.2, 0) is 0 Å². The molecule has 0 aromatic carbocycles. The highest BCUT2D eigenvalue weighted by Gasteiger charge is 2.37. The Hall–Kier alpha value is -0.0800. The van der Waals surface area contributed by atoms with Gasteiger partial charge in [0.25, 0.3) is 0 Å². The Morgan fingerprint density at radius 2 is 1.74 bits per heavy atom. The minimum Gasteiger partial charge on any atom is -0.312 e. The second-order valence-corrected chi connectivity index (χ2v) is 8.60. The van der Waals surface area contributed by atoms with E-state index in [-0.39, 0.29) is 0 Å². The van der Waals surface area contributed by atoms with Gasteiger partial charge < -0.3 is 5.32 Å². The minimum absolute atomic E-state index is 0.411. The first-order chi connectivity index (χ1) is 8.99. The Morgan fingerprint density at radius 1 is 1.00 bits per heavy atom. The molecule has 3 fully saturated rings. The van der Waals surface area contributed by atoms with Crippen molar-refractivity contribution in [1.82, 2.24) is 10.2 Å². The molecule has 0 amide bonds. The Kier molecular flexibility index (Phi) is 3.92. The van der Waals surface area contributed by atoms with E-state index >= 15 is 0 Å². The fourth-order valence-electron chi connectivity index (χ4n) is 3.57. The van der Waals surface area contributed by atoms with Gasteiger partial charge in [-0.1, -0.05) is 33.6 Å². The number of hydrogen-bond acceptors (Lipinski definition) is 2. The average molecular weight is 264 g/mol. The fraction of sp³-hybridized carbons (Fsp3) is 1.00. The number of rotatable bonds is 5. The summed E-state index contributed by atoms with van der Waals surface area (Å²) in [6, 6.07) is 1.69. The van der Waals surface area contributed by atoms with Crippen LogP contribution in [0.1, 0.15) is 59.3 Å². The molecule has 0 spiro atoms. The minimum atomic E-state index is 0.411. The van der Waals surface area contributed by atoms with Crippen LogP contribution in [0.3, 0.4) is 0 Å². The summed E-state index contributed by atoms with van der Waals surface area (Å²) in [5.74, 6) is 2.06. The summed E-state index contributed by atoms with van der Waals surface area (Å²) < 4.78 is 0. The van der Waals surface area contributed by atoms with Gasteiger partial charge in [0, 0.05) is 31.7 Å². The molecular weight excluding hydrogens is 232 g/mol. The van der Waals surface area contributed by atoms with Gasteiger partial charge in [-0.05, 0) is 42.9 Å². The third-order valence-electron chi connectivity index (χ3n) is 4.91. The highest BCUT2D eigenvalue weighted by Crippen LogP contribution is 2.39. The van der Waals surface area contributed by atoms with Crippen LogP contribution in [0, 0.1) is 17.3 Å². The molecular formula is C17H32N2. The van der Waals surface area contributed by atoms with Gasteiger partial charge in [-0.25, -0.2) is 0 Å². The van der Waals surface area contributed by atoms with Crippen molar-refractivity contribution in [3.8, 4) is 0 Å². The van der Waals surface area contributed by atoms with Crippen molar-refractivity contribution >= 4 is 0 Å². The third kappa shape index (κ3) is 4.46. The normalized spacial score (nSPS) is 33.6. The summed E-state index contributed by atoms with van der Waals surface area (Å²) in [6.45, 7) is 10.9. The van der Waals surface area contributed by atoms with Crippen molar-refractivity contribution < 1.29 is 0 Å². The van der Waals surface area contributed by atoms with E-state index in [1.54, 1.807) is 0 Å². The molecule has 0 bridgehead atoms. The van der Waals surface area contributed by atoms with Gasteiger partial charge in [-0.15, -0.1) is 0 Å². The lowest BCUT2D eigenvalue weighted by molar-refractivity contribution is 0.121. The largest absolute Gasteiger partial charge is 0.312 e. The van der Waals surface area contributed by atoms with Gasteiger partial charge in [-0.2, -0.15) is 0 Å². The summed E-state index contributed by atoms with van der Waals surface area (Å²) >= 11 is 0. The molecule has 0 aromatic heterocycles. The van der Waals surface area contributed by atoms with E-state index in [0.717, 1.165) is 30.5 Å². The predicted molar refractivity (Wildman–Crippen MR) is 81.3 cm³/mol. The highest BCUT2D eigenvalue weighted by atomic mass is 15.2. The molecule has 1 N–H and O–H groups in total. The van der Waals surface area contributed by atoms with E-state index in [1.165, 1.54) is 51.6 Å². The maximum absolute atomic E-state index is 3.86. The smallest absolute Gasteiger partial charge is 0.0198 e. The number of nitrogens with one attached hydrogen (secondary N) is 1. The average Bonchev–Trinajstić information content (AvgIpc) is 3.17. The molecule has 1 saturated heterocycles. The van der Waals surface area contributed by atoms with Crippen molar-refractivity contribution in [2.24, 2.45) is 17.3 Å². The molecule has 3 aliphatic rings. The van der Waals surface area contributed by atoms with Gasteiger partial charge in [0.1, 0.15) is 0 Å². The summed E-state index contributed by atoms with van der Waals surface area (Å²) in [4.78, 5) is 2.80. The maximum atomic E-state index is 3.86. The number of nitrogens with zero attached hydrogens (tertiary/aromatic N) is 1. The van der Waals surface area contributed by atoms with Gasteiger partial charge in [-0.3, -0.25) is 4.90 Å². The molecule has 19 heavy (non-hydrogen) atoms. The molecule has 2 heteroatoms. The van der Waals surface area contributed by atoms with Gasteiger partial charge in [0.15, 0.2) is 0 Å². The first-order valence-electron chi connectivity index (χ1n) is 8.47. The molecule has 2 aliphatic carbocycles. The monoisotopic (exact) mass is 264 g/mol. The Balaban J connectivity index is 1.52. The Labute approximate surface area is 119 Å². The lowest BCUT2D eigenvalue weighted by Gasteiger charge is -2.39. The molecule has 3 rings (SSSR count). The van der Waals surface area contributed by atoms with Gasteiger partial charge in [0.2, 0.25) is 0 Å². The van der Waals surface area contributed by atoms with E-state index in [4.69, 9.17) is 0 Å². The summed E-state index contributed by atoms with van der Waals surface area (Å²) in [5, 5.41) is 3.86. The van der Waals surface area contributed by atoms with Crippen LogP contribution in [0.5, 0.6) is 0 Å².